The third-order valence-corrected chi connectivity index (χ3v) is 4.41. The summed E-state index contributed by atoms with van der Waals surface area (Å²) < 4.78 is 0. The number of hydrogen-bond acceptors (Lipinski definition) is 3. The first kappa shape index (κ1) is 16.0. The summed E-state index contributed by atoms with van der Waals surface area (Å²) in [6.07, 6.45) is 1.06. The lowest BCUT2D eigenvalue weighted by atomic mass is 9.92. The smallest absolute Gasteiger partial charge is 0.236 e. The Kier molecular flexibility index (Phi) is 5.76. The maximum atomic E-state index is 12.0. The molecule has 0 bridgehead atoms. The van der Waals surface area contributed by atoms with Crippen LogP contribution in [0.15, 0.2) is 30.3 Å². The van der Waals surface area contributed by atoms with Crippen LogP contribution in [0.5, 0.6) is 0 Å². The summed E-state index contributed by atoms with van der Waals surface area (Å²) in [6.45, 7) is 5.79. The molecule has 0 spiro atoms. The van der Waals surface area contributed by atoms with Crippen molar-refractivity contribution in [1.29, 1.82) is 0 Å². The Morgan fingerprint density at radius 2 is 2.10 bits per heavy atom. The van der Waals surface area contributed by atoms with E-state index in [1.54, 1.807) is 0 Å². The third kappa shape index (κ3) is 4.29. The lowest BCUT2D eigenvalue weighted by Gasteiger charge is -2.41. The second-order valence-corrected chi connectivity index (χ2v) is 6.09. The zero-order chi connectivity index (χ0) is 15.2. The van der Waals surface area contributed by atoms with Gasteiger partial charge in [0.25, 0.3) is 0 Å². The van der Waals surface area contributed by atoms with Crippen molar-refractivity contribution in [2.24, 2.45) is 5.92 Å². The van der Waals surface area contributed by atoms with Crippen molar-refractivity contribution in [2.45, 2.75) is 25.9 Å². The largest absolute Gasteiger partial charge is 0.341 e. The van der Waals surface area contributed by atoms with Gasteiger partial charge in [0, 0.05) is 32.7 Å². The highest BCUT2D eigenvalue weighted by Crippen LogP contribution is 2.22. The van der Waals surface area contributed by atoms with Crippen LogP contribution in [0.4, 0.5) is 0 Å². The third-order valence-electron chi connectivity index (χ3n) is 4.41. The molecule has 0 radical (unpaired) electrons. The van der Waals surface area contributed by atoms with E-state index >= 15 is 0 Å². The minimum Gasteiger partial charge on any atom is -0.341 e. The number of carbonyl (C=O) groups excluding carboxylic acids is 1. The molecule has 1 heterocycles. The molecule has 116 valence electrons. The quantitative estimate of drug-likeness (QED) is 0.894. The molecule has 21 heavy (non-hydrogen) atoms. The van der Waals surface area contributed by atoms with E-state index in [2.05, 4.69) is 47.5 Å². The molecule has 2 rings (SSSR count). The SMILES string of the molecule is CNCC(=O)N(C)[C@H]1CCN(Cc2ccccc2)C[C@@H]1C. The standard InChI is InChI=1S/C17H27N3O/c1-14-12-20(13-15-7-5-4-6-8-15)10-9-16(14)19(3)17(21)11-18-2/h4-8,14,16,18H,9-13H2,1-3H3/t14-,16-/m0/s1. The molecule has 1 aromatic carbocycles. The summed E-state index contributed by atoms with van der Waals surface area (Å²) in [5.41, 5.74) is 1.36. The Morgan fingerprint density at radius 3 is 2.71 bits per heavy atom. The van der Waals surface area contributed by atoms with Gasteiger partial charge in [-0.1, -0.05) is 37.3 Å². The molecule has 1 amide bonds. The van der Waals surface area contributed by atoms with Gasteiger partial charge in [0.1, 0.15) is 0 Å². The van der Waals surface area contributed by atoms with Gasteiger partial charge < -0.3 is 10.2 Å². The van der Waals surface area contributed by atoms with E-state index in [9.17, 15) is 4.79 Å². The van der Waals surface area contributed by atoms with E-state index in [1.807, 2.05) is 19.0 Å². The van der Waals surface area contributed by atoms with E-state index in [-0.39, 0.29) is 5.91 Å². The molecular weight excluding hydrogens is 262 g/mol. The summed E-state index contributed by atoms with van der Waals surface area (Å²) in [7, 11) is 3.76. The zero-order valence-corrected chi connectivity index (χ0v) is 13.4. The molecule has 0 unspecified atom stereocenters. The Morgan fingerprint density at radius 1 is 1.38 bits per heavy atom. The predicted octanol–water partition coefficient (Wildman–Crippen LogP) is 1.57. The zero-order valence-electron chi connectivity index (χ0n) is 13.4. The van der Waals surface area contributed by atoms with Crippen LogP contribution in [0, 0.1) is 5.92 Å². The molecule has 0 aromatic heterocycles. The molecule has 1 fully saturated rings. The van der Waals surface area contributed by atoms with Crippen LogP contribution in [0.1, 0.15) is 18.9 Å². The molecule has 1 aliphatic heterocycles. The van der Waals surface area contributed by atoms with Crippen molar-refractivity contribution >= 4 is 5.91 Å². The van der Waals surface area contributed by atoms with Gasteiger partial charge in [-0.3, -0.25) is 9.69 Å². The first-order valence-corrected chi connectivity index (χ1v) is 7.78. The number of nitrogens with one attached hydrogen (secondary N) is 1. The topological polar surface area (TPSA) is 35.6 Å². The summed E-state index contributed by atoms with van der Waals surface area (Å²) in [6, 6.07) is 11.0. The molecule has 4 nitrogen and oxygen atoms in total. The monoisotopic (exact) mass is 289 g/mol. The minimum absolute atomic E-state index is 0.186. The van der Waals surface area contributed by atoms with Gasteiger partial charge in [0.05, 0.1) is 6.54 Å². The molecule has 4 heteroatoms. The van der Waals surface area contributed by atoms with Gasteiger partial charge in [-0.05, 0) is 24.9 Å². The number of amides is 1. The van der Waals surface area contributed by atoms with E-state index in [4.69, 9.17) is 0 Å². The fourth-order valence-electron chi connectivity index (χ4n) is 3.24. The van der Waals surface area contributed by atoms with Crippen LogP contribution >= 0.6 is 0 Å². The van der Waals surface area contributed by atoms with Gasteiger partial charge in [0.2, 0.25) is 5.91 Å². The Bertz CT molecular complexity index is 449. The van der Waals surface area contributed by atoms with Gasteiger partial charge in [-0.2, -0.15) is 0 Å². The summed E-state index contributed by atoms with van der Waals surface area (Å²) in [5, 5.41) is 2.94. The molecular formula is C17H27N3O. The fraction of sp³-hybridized carbons (Fsp3) is 0.588. The second kappa shape index (κ2) is 7.57. The summed E-state index contributed by atoms with van der Waals surface area (Å²) in [4.78, 5) is 16.4. The number of piperidine rings is 1. The van der Waals surface area contributed by atoms with Crippen LogP contribution < -0.4 is 5.32 Å². The van der Waals surface area contributed by atoms with E-state index < -0.39 is 0 Å². The average Bonchev–Trinajstić information content (AvgIpc) is 2.48. The lowest BCUT2D eigenvalue weighted by molar-refractivity contribution is -0.133. The van der Waals surface area contributed by atoms with Gasteiger partial charge in [-0.25, -0.2) is 0 Å². The van der Waals surface area contributed by atoms with E-state index in [1.165, 1.54) is 5.56 Å². The predicted molar refractivity (Wildman–Crippen MR) is 86.0 cm³/mol. The molecule has 1 aliphatic rings. The van der Waals surface area contributed by atoms with Crippen molar-refractivity contribution in [1.82, 2.24) is 15.1 Å². The van der Waals surface area contributed by atoms with Crippen molar-refractivity contribution in [3.8, 4) is 0 Å². The first-order valence-electron chi connectivity index (χ1n) is 7.78. The molecule has 2 atom stereocenters. The van der Waals surface area contributed by atoms with Crippen LogP contribution in [-0.2, 0) is 11.3 Å². The molecule has 1 aromatic rings. The normalized spacial score (nSPS) is 23.0. The number of likely N-dealkylation sites (tertiary alicyclic amines) is 1. The van der Waals surface area contributed by atoms with Crippen molar-refractivity contribution in [3.63, 3.8) is 0 Å². The highest BCUT2D eigenvalue weighted by atomic mass is 16.2. The minimum atomic E-state index is 0.186. The number of likely N-dealkylation sites (N-methyl/N-ethyl adjacent to an activating group) is 2. The van der Waals surface area contributed by atoms with Crippen molar-refractivity contribution < 1.29 is 4.79 Å². The van der Waals surface area contributed by atoms with Crippen LogP contribution in [0.25, 0.3) is 0 Å². The Hall–Kier alpha value is -1.39. The Labute approximate surface area is 128 Å². The van der Waals surface area contributed by atoms with Crippen molar-refractivity contribution in [3.05, 3.63) is 35.9 Å². The summed E-state index contributed by atoms with van der Waals surface area (Å²) in [5.74, 6) is 0.694. The first-order chi connectivity index (χ1) is 10.1. The van der Waals surface area contributed by atoms with E-state index in [0.29, 0.717) is 18.5 Å². The van der Waals surface area contributed by atoms with E-state index in [0.717, 1.165) is 26.1 Å². The van der Waals surface area contributed by atoms with Crippen LogP contribution in [0.2, 0.25) is 0 Å². The average molecular weight is 289 g/mol. The number of hydrogen-bond donors (Lipinski definition) is 1. The molecule has 0 aliphatic carbocycles. The van der Waals surface area contributed by atoms with Crippen LogP contribution in [0.3, 0.4) is 0 Å². The van der Waals surface area contributed by atoms with Gasteiger partial charge in [0.15, 0.2) is 0 Å². The molecule has 1 saturated heterocycles. The maximum absolute atomic E-state index is 12.0. The second-order valence-electron chi connectivity index (χ2n) is 6.09. The number of rotatable bonds is 5. The highest BCUT2D eigenvalue weighted by molar-refractivity contribution is 5.78. The van der Waals surface area contributed by atoms with Crippen LogP contribution in [-0.4, -0.2) is 55.5 Å². The fourth-order valence-corrected chi connectivity index (χ4v) is 3.24. The Balaban J connectivity index is 1.88. The highest BCUT2D eigenvalue weighted by Gasteiger charge is 2.30. The van der Waals surface area contributed by atoms with Gasteiger partial charge >= 0.3 is 0 Å². The molecule has 0 saturated carbocycles. The number of benzene rings is 1. The summed E-state index contributed by atoms with van der Waals surface area (Å²) >= 11 is 0. The maximum Gasteiger partial charge on any atom is 0.236 e. The van der Waals surface area contributed by atoms with Crippen molar-refractivity contribution in [2.75, 3.05) is 33.7 Å². The molecule has 1 N–H and O–H groups in total. The number of nitrogens with zero attached hydrogens (tertiary/aromatic N) is 2. The number of carbonyl (C=O) groups is 1. The lowest BCUT2D eigenvalue weighted by Crippen LogP contribution is -2.51. The van der Waals surface area contributed by atoms with Gasteiger partial charge in [-0.15, -0.1) is 0 Å².